The maximum atomic E-state index is 2.41. The van der Waals surface area contributed by atoms with Gasteiger partial charge in [0.15, 0.2) is 0 Å². The molecule has 0 heterocycles. The molecule has 1 saturated carbocycles. The van der Waals surface area contributed by atoms with Gasteiger partial charge in [-0.25, -0.2) is 0 Å². The Labute approximate surface area is 161 Å². The number of rotatable bonds is 8. The van der Waals surface area contributed by atoms with Crippen LogP contribution in [0.5, 0.6) is 0 Å². The number of aryl methyl sites for hydroxylation is 3. The first-order chi connectivity index (χ1) is 12.8. The summed E-state index contributed by atoms with van der Waals surface area (Å²) in [5.74, 6) is 1.81. The predicted octanol–water partition coefficient (Wildman–Crippen LogP) is 7.50. The van der Waals surface area contributed by atoms with E-state index in [1.54, 1.807) is 5.56 Å². The molecule has 1 fully saturated rings. The molecule has 2 aromatic rings. The fourth-order valence-electron chi connectivity index (χ4n) is 4.60. The summed E-state index contributed by atoms with van der Waals surface area (Å²) in [5.41, 5.74) is 5.98. The van der Waals surface area contributed by atoms with Gasteiger partial charge in [0.2, 0.25) is 0 Å². The van der Waals surface area contributed by atoms with Gasteiger partial charge >= 0.3 is 0 Å². The van der Waals surface area contributed by atoms with Crippen LogP contribution in [0.15, 0.2) is 48.5 Å². The van der Waals surface area contributed by atoms with E-state index >= 15 is 0 Å². The van der Waals surface area contributed by atoms with E-state index in [9.17, 15) is 0 Å². The molecule has 3 rings (SSSR count). The zero-order valence-electron chi connectivity index (χ0n) is 16.8. The lowest BCUT2D eigenvalue weighted by molar-refractivity contribution is 0.308. The summed E-state index contributed by atoms with van der Waals surface area (Å²) in [4.78, 5) is 0. The summed E-state index contributed by atoms with van der Waals surface area (Å²) >= 11 is 0. The van der Waals surface area contributed by atoms with Crippen molar-refractivity contribution in [3.8, 4) is 0 Å². The van der Waals surface area contributed by atoms with E-state index in [2.05, 4.69) is 62.4 Å². The van der Waals surface area contributed by atoms with Gasteiger partial charge in [-0.05, 0) is 79.0 Å². The molecule has 0 aromatic heterocycles. The molecule has 1 aliphatic carbocycles. The normalized spacial score (nSPS) is 20.2. The molecule has 0 aliphatic heterocycles. The molecule has 0 saturated heterocycles. The lowest BCUT2D eigenvalue weighted by atomic mass is 9.77. The van der Waals surface area contributed by atoms with Crippen molar-refractivity contribution in [3.05, 3.63) is 70.8 Å². The molecule has 1 aliphatic rings. The Morgan fingerprint density at radius 2 is 1.12 bits per heavy atom. The zero-order valence-corrected chi connectivity index (χ0v) is 16.8. The average molecular weight is 349 g/mol. The van der Waals surface area contributed by atoms with Crippen LogP contribution in [0.3, 0.4) is 0 Å². The van der Waals surface area contributed by atoms with Crippen molar-refractivity contribution >= 4 is 0 Å². The quantitative estimate of drug-likeness (QED) is 0.463. The zero-order chi connectivity index (χ0) is 18.2. The van der Waals surface area contributed by atoms with Crippen molar-refractivity contribution in [2.24, 2.45) is 5.92 Å². The SMILES string of the molecule is CCCc1ccc(CCc2ccc([C@H]3CC[C@H](CCC)CC3)cc2)cc1. The monoisotopic (exact) mass is 348 g/mol. The molecule has 26 heavy (non-hydrogen) atoms. The maximum Gasteiger partial charge on any atom is -0.0162 e. The van der Waals surface area contributed by atoms with Crippen LogP contribution in [0, 0.1) is 5.92 Å². The molecule has 0 amide bonds. The highest BCUT2D eigenvalue weighted by Gasteiger charge is 2.21. The Hall–Kier alpha value is -1.56. The van der Waals surface area contributed by atoms with Crippen LogP contribution in [0.1, 0.15) is 87.0 Å². The molecule has 0 radical (unpaired) electrons. The highest BCUT2D eigenvalue weighted by Crippen LogP contribution is 2.37. The lowest BCUT2D eigenvalue weighted by Gasteiger charge is -2.28. The highest BCUT2D eigenvalue weighted by atomic mass is 14.3. The third-order valence-corrected chi connectivity index (χ3v) is 6.26. The fraction of sp³-hybridized carbons (Fsp3) is 0.538. The van der Waals surface area contributed by atoms with E-state index in [4.69, 9.17) is 0 Å². The summed E-state index contributed by atoms with van der Waals surface area (Å²) in [7, 11) is 0. The first-order valence-corrected chi connectivity index (χ1v) is 10.9. The van der Waals surface area contributed by atoms with Crippen LogP contribution in [-0.4, -0.2) is 0 Å². The lowest BCUT2D eigenvalue weighted by Crippen LogP contribution is -2.13. The minimum Gasteiger partial charge on any atom is -0.0654 e. The molecule has 0 spiro atoms. The minimum atomic E-state index is 0.809. The topological polar surface area (TPSA) is 0 Å². The second-order valence-electron chi connectivity index (χ2n) is 8.31. The molecule has 0 heteroatoms. The summed E-state index contributed by atoms with van der Waals surface area (Å²) in [6.45, 7) is 4.57. The van der Waals surface area contributed by atoms with Gasteiger partial charge in [-0.3, -0.25) is 0 Å². The summed E-state index contributed by atoms with van der Waals surface area (Å²) in [6, 6.07) is 18.8. The average Bonchev–Trinajstić information content (AvgIpc) is 2.69. The van der Waals surface area contributed by atoms with Crippen molar-refractivity contribution in [2.45, 2.75) is 84.0 Å². The van der Waals surface area contributed by atoms with Gasteiger partial charge in [-0.15, -0.1) is 0 Å². The van der Waals surface area contributed by atoms with Crippen molar-refractivity contribution < 1.29 is 0 Å². The molecule has 140 valence electrons. The molecule has 2 aromatic carbocycles. The molecule has 0 nitrogen and oxygen atoms in total. The first-order valence-electron chi connectivity index (χ1n) is 10.9. The Morgan fingerprint density at radius 3 is 1.62 bits per heavy atom. The van der Waals surface area contributed by atoms with Gasteiger partial charge in [-0.2, -0.15) is 0 Å². The van der Waals surface area contributed by atoms with Gasteiger partial charge in [0, 0.05) is 0 Å². The van der Waals surface area contributed by atoms with Crippen LogP contribution in [0.2, 0.25) is 0 Å². The Kier molecular flexibility index (Phi) is 7.35. The van der Waals surface area contributed by atoms with Crippen LogP contribution < -0.4 is 0 Å². The van der Waals surface area contributed by atoms with E-state index in [0.717, 1.165) is 24.7 Å². The second kappa shape index (κ2) is 9.95. The predicted molar refractivity (Wildman–Crippen MR) is 114 cm³/mol. The number of benzene rings is 2. The third-order valence-electron chi connectivity index (χ3n) is 6.26. The summed E-state index contributed by atoms with van der Waals surface area (Å²) < 4.78 is 0. The van der Waals surface area contributed by atoms with Gasteiger partial charge in [0.25, 0.3) is 0 Å². The molecule has 0 bridgehead atoms. The highest BCUT2D eigenvalue weighted by molar-refractivity contribution is 5.28. The smallest absolute Gasteiger partial charge is 0.0162 e. The summed E-state index contributed by atoms with van der Waals surface area (Å²) in [5, 5.41) is 0. The van der Waals surface area contributed by atoms with Crippen molar-refractivity contribution in [1.29, 1.82) is 0 Å². The number of hydrogen-bond donors (Lipinski definition) is 0. The van der Waals surface area contributed by atoms with Gasteiger partial charge in [-0.1, -0.05) is 81.6 Å². The molecule has 0 unspecified atom stereocenters. The molecule has 0 N–H and O–H groups in total. The Bertz CT molecular complexity index is 627. The van der Waals surface area contributed by atoms with E-state index in [1.807, 2.05) is 0 Å². The largest absolute Gasteiger partial charge is 0.0654 e. The standard InChI is InChI=1S/C26H36/c1-3-5-21-7-9-23(10-8-21)11-12-24-15-19-26(20-16-24)25-17-13-22(6-4-2)14-18-25/h7-10,15-16,19-20,22,25H,3-6,11-14,17-18H2,1-2H3/t22-,25-. The first kappa shape index (κ1) is 19.2. The van der Waals surface area contributed by atoms with Gasteiger partial charge in [0.05, 0.1) is 0 Å². The Morgan fingerprint density at radius 1 is 0.615 bits per heavy atom. The van der Waals surface area contributed by atoms with E-state index in [1.165, 1.54) is 68.1 Å². The van der Waals surface area contributed by atoms with Crippen molar-refractivity contribution in [3.63, 3.8) is 0 Å². The van der Waals surface area contributed by atoms with Gasteiger partial charge in [0.1, 0.15) is 0 Å². The second-order valence-corrected chi connectivity index (χ2v) is 8.31. The minimum absolute atomic E-state index is 0.809. The molecular formula is C26H36. The van der Waals surface area contributed by atoms with E-state index in [-0.39, 0.29) is 0 Å². The van der Waals surface area contributed by atoms with Crippen LogP contribution >= 0.6 is 0 Å². The van der Waals surface area contributed by atoms with Crippen molar-refractivity contribution in [1.82, 2.24) is 0 Å². The third kappa shape index (κ3) is 5.47. The van der Waals surface area contributed by atoms with E-state index < -0.39 is 0 Å². The van der Waals surface area contributed by atoms with E-state index in [0.29, 0.717) is 0 Å². The number of hydrogen-bond acceptors (Lipinski definition) is 0. The van der Waals surface area contributed by atoms with Crippen LogP contribution in [0.25, 0.3) is 0 Å². The summed E-state index contributed by atoms with van der Waals surface area (Å²) in [6.07, 6.45) is 13.2. The van der Waals surface area contributed by atoms with Crippen molar-refractivity contribution in [2.75, 3.05) is 0 Å². The van der Waals surface area contributed by atoms with Gasteiger partial charge < -0.3 is 0 Å². The van der Waals surface area contributed by atoms with Crippen LogP contribution in [0.4, 0.5) is 0 Å². The Balaban J connectivity index is 1.48. The molecular weight excluding hydrogens is 312 g/mol. The maximum absolute atomic E-state index is 2.41. The van der Waals surface area contributed by atoms with Crippen LogP contribution in [-0.2, 0) is 19.3 Å². The molecule has 0 atom stereocenters. The fourth-order valence-corrected chi connectivity index (χ4v) is 4.60.